The summed E-state index contributed by atoms with van der Waals surface area (Å²) in [6, 6.07) is 81.9. The lowest BCUT2D eigenvalue weighted by Gasteiger charge is -2.34. The minimum Gasteiger partial charge on any atom is -0.464 e. The van der Waals surface area contributed by atoms with Gasteiger partial charge in [0.15, 0.2) is 22.8 Å². The van der Waals surface area contributed by atoms with Gasteiger partial charge in [-0.1, -0.05) is 111 Å². The van der Waals surface area contributed by atoms with Crippen LogP contribution in [0.15, 0.2) is 285 Å². The zero-order chi connectivity index (χ0) is 79.2. The summed E-state index contributed by atoms with van der Waals surface area (Å²) < 4.78 is 15.0. The molecule has 0 spiro atoms. The average molecular weight is 1500 g/mol. The van der Waals surface area contributed by atoms with Crippen molar-refractivity contribution in [1.29, 1.82) is 0 Å². The maximum atomic E-state index is 5.68. The van der Waals surface area contributed by atoms with Crippen LogP contribution in [0.3, 0.4) is 0 Å². The lowest BCUT2D eigenvalue weighted by Crippen LogP contribution is -2.38. The molecule has 3 aliphatic carbocycles. The highest BCUT2D eigenvalue weighted by Crippen LogP contribution is 2.55. The van der Waals surface area contributed by atoms with E-state index >= 15 is 0 Å². The van der Waals surface area contributed by atoms with Crippen molar-refractivity contribution < 1.29 is 22.7 Å². The van der Waals surface area contributed by atoms with E-state index in [0.717, 1.165) is 39.5 Å². The third kappa shape index (κ3) is 13.2. The van der Waals surface area contributed by atoms with Crippen molar-refractivity contribution in [3.63, 3.8) is 0 Å². The number of furan rings is 1. The summed E-state index contributed by atoms with van der Waals surface area (Å²) in [6.45, 7) is 22.4. The molecule has 9 aromatic carbocycles. The molecule has 0 N–H and O–H groups in total. The molecular weight excluding hydrogens is 1400 g/mol. The largest absolute Gasteiger partial charge is 0.464 e. The second kappa shape index (κ2) is 29.5. The molecule has 2 bridgehead atoms. The number of benzene rings is 9. The first-order valence-corrected chi connectivity index (χ1v) is 40.4. The van der Waals surface area contributed by atoms with Gasteiger partial charge >= 0.3 is 0 Å². The fourth-order valence-electron chi connectivity index (χ4n) is 18.9. The summed E-state index contributed by atoms with van der Waals surface area (Å²) in [5, 5.41) is 14.0. The van der Waals surface area contributed by atoms with Gasteiger partial charge in [0.1, 0.15) is 33.8 Å². The van der Waals surface area contributed by atoms with E-state index in [1.165, 1.54) is 202 Å². The van der Waals surface area contributed by atoms with Crippen LogP contribution in [0.25, 0.3) is 154 Å². The van der Waals surface area contributed by atoms with Crippen LogP contribution in [-0.2, 0) is 33.6 Å². The fourth-order valence-corrected chi connectivity index (χ4v) is 18.9. The quantitative estimate of drug-likeness (QED) is 0.149. The Kier molecular flexibility index (Phi) is 18.9. The Hall–Kier alpha value is -13.0. The predicted octanol–water partition coefficient (Wildman–Crippen LogP) is 23.9. The molecule has 562 valence electrons. The Morgan fingerprint density at radius 2 is 0.739 bits per heavy atom. The first kappa shape index (κ1) is 73.5. The number of fused-ring (bicyclic) bond motifs is 12. The molecule has 21 rings (SSSR count). The Labute approximate surface area is 674 Å². The molecule has 9 heterocycles. The Bertz CT molecular complexity index is 6920. The molecule has 9 heteroatoms. The van der Waals surface area contributed by atoms with Crippen LogP contribution in [0.2, 0.25) is 0 Å². The molecular formula is C106H96N8O+4. The Balaban J connectivity index is 0.000000106. The van der Waals surface area contributed by atoms with Crippen LogP contribution >= 0.6 is 0 Å². The predicted molar refractivity (Wildman–Crippen MR) is 472 cm³/mol. The highest BCUT2D eigenvalue weighted by molar-refractivity contribution is 6.04. The van der Waals surface area contributed by atoms with Crippen molar-refractivity contribution in [3.8, 4) is 89.5 Å². The van der Waals surface area contributed by atoms with Crippen molar-refractivity contribution in [1.82, 2.24) is 19.9 Å². The van der Waals surface area contributed by atoms with Gasteiger partial charge in [-0.3, -0.25) is 19.9 Å². The molecule has 0 radical (unpaired) electrons. The highest BCUT2D eigenvalue weighted by atomic mass is 16.3. The fraction of sp³-hybridized carbons (Fsp3) is 0.189. The normalized spacial score (nSPS) is 14.1. The first-order valence-electron chi connectivity index (χ1n) is 40.4. The van der Waals surface area contributed by atoms with Crippen molar-refractivity contribution in [3.05, 3.63) is 348 Å². The molecule has 115 heavy (non-hydrogen) atoms. The SMILES string of the molecule is Cc1cc2c(cc1-c1c3ccc(-c4cccnc4)cc3cc(C)[n+]1C)C1CCC2C1.Cc1cc2ccccc2cc1-c1c2ccc(-c3cccnc3)cc2cc(C)[n+]1C.Cc1cc2ccoc2cc1-c1c2ccc(-c3cccnc3)cc2cc(C)[n+]1C.Cc1cccc2c1-c1c3c(cc(-c4cccnc4)cc3cc(C)[n+]1C)C2(C)C. The number of aromatic nitrogens is 8. The summed E-state index contributed by atoms with van der Waals surface area (Å²) in [7, 11) is 8.69. The van der Waals surface area contributed by atoms with Crippen molar-refractivity contribution in [2.24, 2.45) is 28.2 Å². The lowest BCUT2D eigenvalue weighted by molar-refractivity contribution is -0.665. The third-order valence-corrected chi connectivity index (χ3v) is 25.5. The monoisotopic (exact) mass is 1500 g/mol. The number of aryl methyl sites for hydroxylation is 8. The number of pyridine rings is 8. The molecule has 9 nitrogen and oxygen atoms in total. The topological polar surface area (TPSA) is 80.2 Å². The van der Waals surface area contributed by atoms with Crippen molar-refractivity contribution >= 4 is 64.8 Å². The first-order chi connectivity index (χ1) is 55.7. The molecule has 9 aromatic heterocycles. The minimum atomic E-state index is -0.0624. The third-order valence-electron chi connectivity index (χ3n) is 25.5. The van der Waals surface area contributed by atoms with E-state index in [2.05, 4.69) is 330 Å². The lowest BCUT2D eigenvalue weighted by atomic mass is 9.68. The number of hydrogen-bond acceptors (Lipinski definition) is 5. The molecule has 2 unspecified atom stereocenters. The van der Waals surface area contributed by atoms with Crippen molar-refractivity contribution in [2.75, 3.05) is 0 Å². The average Bonchev–Trinajstić information content (AvgIpc) is 1.57. The second-order valence-corrected chi connectivity index (χ2v) is 32.9. The summed E-state index contributed by atoms with van der Waals surface area (Å²) in [5.41, 5.74) is 37.1. The Morgan fingerprint density at radius 1 is 0.322 bits per heavy atom. The molecule has 0 aliphatic heterocycles. The van der Waals surface area contributed by atoms with E-state index in [1.54, 1.807) is 23.6 Å². The van der Waals surface area contributed by atoms with Gasteiger partial charge in [-0.05, 0) is 261 Å². The minimum absolute atomic E-state index is 0.0624. The molecule has 1 fully saturated rings. The Morgan fingerprint density at radius 3 is 1.23 bits per heavy atom. The van der Waals surface area contributed by atoms with Crippen LogP contribution in [0.1, 0.15) is 112 Å². The zero-order valence-corrected chi connectivity index (χ0v) is 68.3. The van der Waals surface area contributed by atoms with E-state index in [1.807, 2.05) is 73.7 Å². The second-order valence-electron chi connectivity index (χ2n) is 32.9. The summed E-state index contributed by atoms with van der Waals surface area (Å²) in [5.74, 6) is 1.59. The van der Waals surface area contributed by atoms with Crippen LogP contribution in [-0.4, -0.2) is 19.9 Å². The molecule has 1 saturated carbocycles. The molecule has 0 amide bonds. The molecule has 0 saturated heterocycles. The van der Waals surface area contributed by atoms with Crippen LogP contribution in [0.5, 0.6) is 0 Å². The number of rotatable bonds is 7. The van der Waals surface area contributed by atoms with E-state index in [4.69, 9.17) is 4.42 Å². The van der Waals surface area contributed by atoms with E-state index in [0.29, 0.717) is 0 Å². The maximum absolute atomic E-state index is 5.68. The van der Waals surface area contributed by atoms with Crippen LogP contribution in [0, 0.1) is 55.4 Å². The smallest absolute Gasteiger partial charge is 0.221 e. The summed E-state index contributed by atoms with van der Waals surface area (Å²) >= 11 is 0. The number of nitrogens with zero attached hydrogens (tertiary/aromatic N) is 8. The van der Waals surface area contributed by atoms with Crippen LogP contribution < -0.4 is 18.3 Å². The summed E-state index contributed by atoms with van der Waals surface area (Å²) in [4.78, 5) is 17.2. The molecule has 3 aliphatic rings. The zero-order valence-electron chi connectivity index (χ0n) is 68.3. The van der Waals surface area contributed by atoms with Gasteiger partial charge < -0.3 is 4.42 Å². The van der Waals surface area contributed by atoms with E-state index in [-0.39, 0.29) is 5.41 Å². The standard InChI is InChI=1S/C28H27N2.C27H23N2.C26H25N2.C25H21N2O/c1-17-11-26-20-6-7-21(14-20)27(26)15-25(17)28-24-9-8-19(22-5-4-10-29-16-22)13-23(24)12-18(2)30(28)3;1-18-13-20-7-4-5-8-21(20)16-26(18)27-25-11-10-22(23-9-6-12-28-17-23)15-24(25)14-19(2)29(27)3;1-16-8-6-10-21-23(16)25-24-20(12-17(2)28(25)5)13-19(14-22(24)26(21,3)4)18-9-7-11-27-15-18;1-16-11-19-8-10-28-24(19)14-23(16)25-22-7-6-18(20-5-4-9-26-15-20)13-21(22)12-17(2)27(25)3/h4-5,8-13,15-16,20-21H,6-7,14H2,1-3H3;4-17H,1-3H3;6-15H,1-5H3;4-15H,1-3H3/q4*+1. The van der Waals surface area contributed by atoms with Gasteiger partial charge in [0.2, 0.25) is 22.8 Å². The summed E-state index contributed by atoms with van der Waals surface area (Å²) in [6.07, 6.45) is 20.9. The van der Waals surface area contributed by atoms with E-state index in [9.17, 15) is 0 Å². The maximum Gasteiger partial charge on any atom is 0.221 e. The molecule has 18 aromatic rings. The van der Waals surface area contributed by atoms with Gasteiger partial charge in [-0.15, -0.1) is 0 Å². The van der Waals surface area contributed by atoms with Gasteiger partial charge in [0.25, 0.3) is 0 Å². The van der Waals surface area contributed by atoms with Gasteiger partial charge in [0, 0.05) is 135 Å². The van der Waals surface area contributed by atoms with Gasteiger partial charge in [-0.2, -0.15) is 18.3 Å². The van der Waals surface area contributed by atoms with Gasteiger partial charge in [0.05, 0.1) is 50.1 Å². The van der Waals surface area contributed by atoms with Crippen LogP contribution in [0.4, 0.5) is 0 Å². The molecule has 2 atom stereocenters. The van der Waals surface area contributed by atoms with E-state index < -0.39 is 0 Å². The highest BCUT2D eigenvalue weighted by Gasteiger charge is 2.41. The number of hydrogen-bond donors (Lipinski definition) is 0. The van der Waals surface area contributed by atoms with Crippen molar-refractivity contribution in [2.45, 2.75) is 106 Å². The van der Waals surface area contributed by atoms with Gasteiger partial charge in [-0.25, -0.2) is 0 Å².